The number of likely N-dealkylation sites (tertiary alicyclic amines) is 2. The Morgan fingerprint density at radius 3 is 2.19 bits per heavy atom. The highest BCUT2D eigenvalue weighted by Gasteiger charge is 2.31. The highest BCUT2D eigenvalue weighted by atomic mass is 32.2. The molecule has 2 heterocycles. The summed E-state index contributed by atoms with van der Waals surface area (Å²) in [5, 5.41) is 3.03. The van der Waals surface area contributed by atoms with Gasteiger partial charge in [-0.2, -0.15) is 0 Å². The van der Waals surface area contributed by atoms with E-state index in [2.05, 4.69) is 10.0 Å². The van der Waals surface area contributed by atoms with Gasteiger partial charge in [-0.05, 0) is 93.2 Å². The molecule has 5 rings (SSSR count). The number of anilines is 1. The smallest absolute Gasteiger partial charge is 0.319 e. The number of rotatable bonds is 5. The molecule has 2 aliphatic heterocycles. The standard InChI is InChI=1S/C28H36N4O4S/c1-20-8-2-3-9-22(20)27(33)29-25-12-13-26(24-11-5-4-10-23(24)25)37(35,36)30-21-14-18-32(19-15-21)28(34)31-16-6-7-17-31/h2-3,8-9,12-13,21,30H,4-7,10-11,14-19H2,1H3,(H,29,33). The summed E-state index contributed by atoms with van der Waals surface area (Å²) in [6, 6.07) is 10.7. The maximum absolute atomic E-state index is 13.5. The maximum Gasteiger partial charge on any atom is 0.319 e. The van der Waals surface area contributed by atoms with Crippen molar-refractivity contribution < 1.29 is 18.0 Å². The van der Waals surface area contributed by atoms with Crippen molar-refractivity contribution in [2.75, 3.05) is 31.5 Å². The lowest BCUT2D eigenvalue weighted by atomic mass is 9.90. The van der Waals surface area contributed by atoms with E-state index in [1.54, 1.807) is 18.2 Å². The van der Waals surface area contributed by atoms with Gasteiger partial charge in [0.15, 0.2) is 0 Å². The topological polar surface area (TPSA) is 98.8 Å². The van der Waals surface area contributed by atoms with Crippen molar-refractivity contribution in [3.63, 3.8) is 0 Å². The summed E-state index contributed by atoms with van der Waals surface area (Å²) in [5.74, 6) is -0.185. The van der Waals surface area contributed by atoms with Gasteiger partial charge in [-0.3, -0.25) is 4.79 Å². The van der Waals surface area contributed by atoms with E-state index in [4.69, 9.17) is 0 Å². The number of benzene rings is 2. The van der Waals surface area contributed by atoms with Crippen LogP contribution in [0, 0.1) is 6.92 Å². The Labute approximate surface area is 219 Å². The minimum Gasteiger partial charge on any atom is -0.325 e. The number of carbonyl (C=O) groups is 2. The van der Waals surface area contributed by atoms with Crippen LogP contribution in [0.3, 0.4) is 0 Å². The predicted molar refractivity (Wildman–Crippen MR) is 143 cm³/mol. The number of sulfonamides is 1. The minimum absolute atomic E-state index is 0.0798. The number of nitrogens with zero attached hydrogens (tertiary/aromatic N) is 2. The summed E-state index contributed by atoms with van der Waals surface area (Å²) < 4.78 is 29.9. The van der Waals surface area contributed by atoms with E-state index >= 15 is 0 Å². The van der Waals surface area contributed by atoms with Crippen LogP contribution in [0.1, 0.15) is 65.6 Å². The molecule has 2 fully saturated rings. The van der Waals surface area contributed by atoms with Crippen molar-refractivity contribution in [1.82, 2.24) is 14.5 Å². The summed E-state index contributed by atoms with van der Waals surface area (Å²) in [6.45, 7) is 4.66. The lowest BCUT2D eigenvalue weighted by Gasteiger charge is -2.34. The van der Waals surface area contributed by atoms with Crippen LogP contribution in [0.4, 0.5) is 10.5 Å². The van der Waals surface area contributed by atoms with Crippen LogP contribution in [-0.4, -0.2) is 62.4 Å². The number of hydrogen-bond acceptors (Lipinski definition) is 4. The molecule has 0 radical (unpaired) electrons. The molecule has 0 bridgehead atoms. The molecule has 37 heavy (non-hydrogen) atoms. The number of fused-ring (bicyclic) bond motifs is 1. The number of carbonyl (C=O) groups excluding carboxylic acids is 2. The van der Waals surface area contributed by atoms with E-state index in [1.807, 2.05) is 34.9 Å². The van der Waals surface area contributed by atoms with Crippen molar-refractivity contribution in [3.05, 3.63) is 58.7 Å². The van der Waals surface area contributed by atoms with Crippen LogP contribution in [0.25, 0.3) is 0 Å². The van der Waals surface area contributed by atoms with E-state index in [1.165, 1.54) is 0 Å². The van der Waals surface area contributed by atoms with Crippen molar-refractivity contribution in [2.45, 2.75) is 69.2 Å². The number of nitrogens with one attached hydrogen (secondary N) is 2. The van der Waals surface area contributed by atoms with Crippen LogP contribution in [-0.2, 0) is 22.9 Å². The summed E-state index contributed by atoms with van der Waals surface area (Å²) >= 11 is 0. The van der Waals surface area contributed by atoms with E-state index in [9.17, 15) is 18.0 Å². The molecular formula is C28H36N4O4S. The molecule has 198 valence electrons. The third-order valence-corrected chi connectivity index (χ3v) is 9.49. The van der Waals surface area contributed by atoms with Gasteiger partial charge < -0.3 is 15.1 Å². The molecule has 1 aliphatic carbocycles. The second kappa shape index (κ2) is 10.8. The van der Waals surface area contributed by atoms with E-state index in [0.717, 1.165) is 61.9 Å². The number of hydrogen-bond donors (Lipinski definition) is 2. The third kappa shape index (κ3) is 5.52. The first-order valence-electron chi connectivity index (χ1n) is 13.4. The Kier molecular flexibility index (Phi) is 7.53. The fourth-order valence-electron chi connectivity index (χ4n) is 5.80. The molecule has 0 aromatic heterocycles. The van der Waals surface area contributed by atoms with Crippen molar-refractivity contribution >= 4 is 27.6 Å². The Morgan fingerprint density at radius 2 is 1.49 bits per heavy atom. The van der Waals surface area contributed by atoms with Gasteiger partial charge >= 0.3 is 6.03 Å². The van der Waals surface area contributed by atoms with E-state index < -0.39 is 10.0 Å². The molecule has 9 heteroatoms. The van der Waals surface area contributed by atoms with Crippen molar-refractivity contribution in [2.24, 2.45) is 0 Å². The van der Waals surface area contributed by atoms with Gasteiger partial charge in [0.05, 0.1) is 4.90 Å². The highest BCUT2D eigenvalue weighted by Crippen LogP contribution is 2.34. The first kappa shape index (κ1) is 25.7. The fourth-order valence-corrected chi connectivity index (χ4v) is 7.40. The first-order valence-corrected chi connectivity index (χ1v) is 14.9. The average Bonchev–Trinajstić information content (AvgIpc) is 3.44. The van der Waals surface area contributed by atoms with E-state index in [0.29, 0.717) is 48.5 Å². The molecule has 3 aliphatic rings. The van der Waals surface area contributed by atoms with Gasteiger partial charge in [-0.25, -0.2) is 17.9 Å². The zero-order valence-electron chi connectivity index (χ0n) is 21.5. The van der Waals surface area contributed by atoms with Crippen LogP contribution in [0.15, 0.2) is 41.3 Å². The molecule has 0 spiro atoms. The average molecular weight is 525 g/mol. The van der Waals surface area contributed by atoms with Crippen LogP contribution in [0.5, 0.6) is 0 Å². The largest absolute Gasteiger partial charge is 0.325 e. The van der Waals surface area contributed by atoms with Gasteiger partial charge in [0.25, 0.3) is 5.91 Å². The predicted octanol–water partition coefficient (Wildman–Crippen LogP) is 4.08. The number of aryl methyl sites for hydroxylation is 1. The lowest BCUT2D eigenvalue weighted by molar-refractivity contribution is 0.102. The number of piperidine rings is 1. The SMILES string of the molecule is Cc1ccccc1C(=O)Nc1ccc(S(=O)(=O)NC2CCN(C(=O)N3CCCC3)CC2)c2c1CCCC2. The monoisotopic (exact) mass is 524 g/mol. The van der Waals surface area contributed by atoms with Gasteiger partial charge in [0.2, 0.25) is 10.0 Å². The van der Waals surface area contributed by atoms with Crippen LogP contribution < -0.4 is 10.0 Å². The quantitative estimate of drug-likeness (QED) is 0.616. The molecule has 2 saturated heterocycles. The lowest BCUT2D eigenvalue weighted by Crippen LogP contribution is -2.50. The molecule has 0 atom stereocenters. The fraction of sp³-hybridized carbons (Fsp3) is 0.500. The summed E-state index contributed by atoms with van der Waals surface area (Å²) in [5.41, 5.74) is 3.92. The maximum atomic E-state index is 13.5. The second-order valence-corrected chi connectivity index (χ2v) is 12.1. The molecule has 2 aromatic carbocycles. The summed E-state index contributed by atoms with van der Waals surface area (Å²) in [7, 11) is -3.74. The van der Waals surface area contributed by atoms with Gasteiger partial charge in [-0.1, -0.05) is 18.2 Å². The Hall–Kier alpha value is -2.91. The Morgan fingerprint density at radius 1 is 0.838 bits per heavy atom. The zero-order chi connectivity index (χ0) is 26.0. The zero-order valence-corrected chi connectivity index (χ0v) is 22.3. The highest BCUT2D eigenvalue weighted by molar-refractivity contribution is 7.89. The molecular weight excluding hydrogens is 488 g/mol. The van der Waals surface area contributed by atoms with E-state index in [-0.39, 0.29) is 18.0 Å². The third-order valence-electron chi connectivity index (χ3n) is 7.88. The van der Waals surface area contributed by atoms with Crippen LogP contribution in [0.2, 0.25) is 0 Å². The van der Waals surface area contributed by atoms with Crippen LogP contribution >= 0.6 is 0 Å². The first-order chi connectivity index (χ1) is 17.8. The van der Waals surface area contributed by atoms with Gasteiger partial charge in [0.1, 0.15) is 0 Å². The second-order valence-electron chi connectivity index (χ2n) is 10.4. The molecule has 2 aromatic rings. The van der Waals surface area contributed by atoms with Crippen molar-refractivity contribution in [1.29, 1.82) is 0 Å². The number of amides is 3. The Bertz CT molecular complexity index is 1280. The van der Waals surface area contributed by atoms with Gasteiger partial charge in [0, 0.05) is 43.5 Å². The molecule has 0 unspecified atom stereocenters. The Balaban J connectivity index is 1.29. The molecule has 2 N–H and O–H groups in total. The summed E-state index contributed by atoms with van der Waals surface area (Å²) in [4.78, 5) is 29.7. The minimum atomic E-state index is -3.74. The normalized spacial score (nSPS) is 18.5. The van der Waals surface area contributed by atoms with Crippen molar-refractivity contribution in [3.8, 4) is 0 Å². The summed E-state index contributed by atoms with van der Waals surface area (Å²) in [6.07, 6.45) is 6.60. The number of urea groups is 1. The molecule has 3 amide bonds. The molecule has 0 saturated carbocycles. The molecule has 8 nitrogen and oxygen atoms in total. The van der Waals surface area contributed by atoms with Gasteiger partial charge in [-0.15, -0.1) is 0 Å².